The summed E-state index contributed by atoms with van der Waals surface area (Å²) in [6.07, 6.45) is 2.14. The van der Waals surface area contributed by atoms with Crippen LogP contribution in [0.2, 0.25) is 0 Å². The SMILES string of the molecule is C=CCC(NC)c1c(F)ccc(C)c1F. The van der Waals surface area contributed by atoms with E-state index in [4.69, 9.17) is 0 Å². The van der Waals surface area contributed by atoms with Crippen LogP contribution in [0.5, 0.6) is 0 Å². The third kappa shape index (κ3) is 2.42. The van der Waals surface area contributed by atoms with E-state index in [0.29, 0.717) is 12.0 Å². The molecule has 0 aliphatic rings. The van der Waals surface area contributed by atoms with Crippen molar-refractivity contribution < 1.29 is 8.78 Å². The van der Waals surface area contributed by atoms with Crippen LogP contribution in [-0.4, -0.2) is 7.05 Å². The molecule has 1 atom stereocenters. The van der Waals surface area contributed by atoms with Gasteiger partial charge in [-0.1, -0.05) is 12.1 Å². The van der Waals surface area contributed by atoms with E-state index in [9.17, 15) is 8.78 Å². The fourth-order valence-electron chi connectivity index (χ4n) is 1.54. The van der Waals surface area contributed by atoms with Crippen LogP contribution in [0.3, 0.4) is 0 Å². The Morgan fingerprint density at radius 1 is 1.47 bits per heavy atom. The molecule has 82 valence electrons. The highest BCUT2D eigenvalue weighted by atomic mass is 19.1. The first-order chi connectivity index (χ1) is 7.11. The molecule has 1 rings (SSSR count). The van der Waals surface area contributed by atoms with E-state index in [2.05, 4.69) is 11.9 Å². The van der Waals surface area contributed by atoms with E-state index in [0.717, 1.165) is 0 Å². The minimum Gasteiger partial charge on any atom is -0.313 e. The largest absolute Gasteiger partial charge is 0.313 e. The van der Waals surface area contributed by atoms with Crippen molar-refractivity contribution in [2.75, 3.05) is 7.05 Å². The van der Waals surface area contributed by atoms with Gasteiger partial charge in [0.2, 0.25) is 0 Å². The van der Waals surface area contributed by atoms with E-state index in [1.807, 2.05) is 0 Å². The zero-order valence-corrected chi connectivity index (χ0v) is 8.98. The molecule has 0 bridgehead atoms. The van der Waals surface area contributed by atoms with Crippen molar-refractivity contribution in [2.24, 2.45) is 0 Å². The second-order valence-electron chi connectivity index (χ2n) is 3.46. The van der Waals surface area contributed by atoms with Crippen LogP contribution in [0.1, 0.15) is 23.6 Å². The molecule has 0 aromatic heterocycles. The lowest BCUT2D eigenvalue weighted by Gasteiger charge is -2.17. The summed E-state index contributed by atoms with van der Waals surface area (Å²) in [7, 11) is 1.68. The summed E-state index contributed by atoms with van der Waals surface area (Å²) in [5.74, 6) is -0.990. The lowest BCUT2D eigenvalue weighted by atomic mass is 10.00. The molecule has 0 saturated heterocycles. The zero-order chi connectivity index (χ0) is 11.4. The van der Waals surface area contributed by atoms with E-state index in [1.54, 1.807) is 20.0 Å². The molecule has 0 fully saturated rings. The van der Waals surface area contributed by atoms with E-state index < -0.39 is 11.6 Å². The van der Waals surface area contributed by atoms with Crippen molar-refractivity contribution in [3.63, 3.8) is 0 Å². The first-order valence-corrected chi connectivity index (χ1v) is 4.84. The van der Waals surface area contributed by atoms with E-state index in [-0.39, 0.29) is 11.6 Å². The fourth-order valence-corrected chi connectivity index (χ4v) is 1.54. The zero-order valence-electron chi connectivity index (χ0n) is 8.98. The Kier molecular flexibility index (Phi) is 3.97. The number of halogens is 2. The van der Waals surface area contributed by atoms with Gasteiger partial charge < -0.3 is 5.32 Å². The van der Waals surface area contributed by atoms with Gasteiger partial charge in [-0.05, 0) is 32.0 Å². The minimum atomic E-state index is -0.515. The van der Waals surface area contributed by atoms with Gasteiger partial charge in [0.1, 0.15) is 11.6 Å². The Morgan fingerprint density at radius 3 is 2.67 bits per heavy atom. The maximum absolute atomic E-state index is 13.7. The van der Waals surface area contributed by atoms with E-state index >= 15 is 0 Å². The average Bonchev–Trinajstić information content (AvgIpc) is 2.22. The number of rotatable bonds is 4. The number of nitrogens with one attached hydrogen (secondary N) is 1. The van der Waals surface area contributed by atoms with Gasteiger partial charge in [0, 0.05) is 11.6 Å². The Morgan fingerprint density at radius 2 is 2.13 bits per heavy atom. The summed E-state index contributed by atoms with van der Waals surface area (Å²) >= 11 is 0. The van der Waals surface area contributed by atoms with Crippen molar-refractivity contribution in [1.29, 1.82) is 0 Å². The van der Waals surface area contributed by atoms with Crippen molar-refractivity contribution in [3.05, 3.63) is 47.5 Å². The van der Waals surface area contributed by atoms with Gasteiger partial charge in [-0.15, -0.1) is 6.58 Å². The molecular formula is C12H15F2N. The van der Waals surface area contributed by atoms with Gasteiger partial charge in [-0.3, -0.25) is 0 Å². The molecule has 1 unspecified atom stereocenters. The molecular weight excluding hydrogens is 196 g/mol. The molecule has 1 aromatic carbocycles. The van der Waals surface area contributed by atoms with Gasteiger partial charge in [-0.25, -0.2) is 8.78 Å². The van der Waals surface area contributed by atoms with Gasteiger partial charge in [-0.2, -0.15) is 0 Å². The molecule has 15 heavy (non-hydrogen) atoms. The molecule has 1 aromatic rings. The number of benzene rings is 1. The molecule has 1 N–H and O–H groups in total. The normalized spacial score (nSPS) is 12.5. The van der Waals surface area contributed by atoms with Crippen molar-refractivity contribution in [2.45, 2.75) is 19.4 Å². The van der Waals surface area contributed by atoms with Crippen LogP contribution in [0.15, 0.2) is 24.8 Å². The Balaban J connectivity index is 3.20. The summed E-state index contributed by atoms with van der Waals surface area (Å²) in [4.78, 5) is 0. The Bertz CT molecular complexity index is 361. The van der Waals surface area contributed by atoms with Crippen molar-refractivity contribution >= 4 is 0 Å². The van der Waals surface area contributed by atoms with Gasteiger partial charge in [0.05, 0.1) is 0 Å². The maximum atomic E-state index is 13.7. The summed E-state index contributed by atoms with van der Waals surface area (Å²) < 4.78 is 27.2. The molecule has 0 heterocycles. The molecule has 0 saturated carbocycles. The first kappa shape index (κ1) is 11.9. The summed E-state index contributed by atoms with van der Waals surface area (Å²) in [6, 6.07) is 2.37. The van der Waals surface area contributed by atoms with Crippen molar-refractivity contribution in [3.8, 4) is 0 Å². The third-order valence-electron chi connectivity index (χ3n) is 2.42. The molecule has 0 amide bonds. The molecule has 0 aliphatic carbocycles. The predicted molar refractivity (Wildman–Crippen MR) is 57.7 cm³/mol. The summed E-state index contributed by atoms with van der Waals surface area (Å²) in [6.45, 7) is 5.19. The standard InChI is InChI=1S/C12H15F2N/c1-4-5-10(15-3)11-9(13)7-6-8(2)12(11)14/h4,6-7,10,15H,1,5H2,2-3H3. The molecule has 1 nitrogen and oxygen atoms in total. The summed E-state index contributed by atoms with van der Waals surface area (Å²) in [5.41, 5.74) is 0.549. The molecule has 0 radical (unpaired) electrons. The van der Waals surface area contributed by atoms with Crippen LogP contribution in [0.4, 0.5) is 8.78 Å². The smallest absolute Gasteiger partial charge is 0.133 e. The minimum absolute atomic E-state index is 0.0948. The van der Waals surface area contributed by atoms with Gasteiger partial charge in [0.15, 0.2) is 0 Å². The maximum Gasteiger partial charge on any atom is 0.133 e. The second kappa shape index (κ2) is 5.03. The van der Waals surface area contributed by atoms with Gasteiger partial charge >= 0.3 is 0 Å². The lowest BCUT2D eigenvalue weighted by Crippen LogP contribution is -2.19. The summed E-state index contributed by atoms with van der Waals surface area (Å²) in [5, 5.41) is 2.88. The predicted octanol–water partition coefficient (Wildman–Crippen LogP) is 3.11. The van der Waals surface area contributed by atoms with Crippen LogP contribution < -0.4 is 5.32 Å². The van der Waals surface area contributed by atoms with Crippen LogP contribution in [0, 0.1) is 18.6 Å². The highest BCUT2D eigenvalue weighted by Gasteiger charge is 2.18. The first-order valence-electron chi connectivity index (χ1n) is 4.84. The monoisotopic (exact) mass is 211 g/mol. The van der Waals surface area contributed by atoms with Crippen LogP contribution in [0.25, 0.3) is 0 Å². The van der Waals surface area contributed by atoms with E-state index in [1.165, 1.54) is 12.1 Å². The third-order valence-corrected chi connectivity index (χ3v) is 2.42. The van der Waals surface area contributed by atoms with Crippen LogP contribution >= 0.6 is 0 Å². The number of hydrogen-bond donors (Lipinski definition) is 1. The second-order valence-corrected chi connectivity index (χ2v) is 3.46. The highest BCUT2D eigenvalue weighted by Crippen LogP contribution is 2.25. The quantitative estimate of drug-likeness (QED) is 0.754. The lowest BCUT2D eigenvalue weighted by molar-refractivity contribution is 0.490. The topological polar surface area (TPSA) is 12.0 Å². The Hall–Kier alpha value is -1.22. The fraction of sp³-hybridized carbons (Fsp3) is 0.333. The van der Waals surface area contributed by atoms with Crippen LogP contribution in [-0.2, 0) is 0 Å². The Labute approximate surface area is 88.8 Å². The molecule has 3 heteroatoms. The highest BCUT2D eigenvalue weighted by molar-refractivity contribution is 5.29. The van der Waals surface area contributed by atoms with Crippen molar-refractivity contribution in [1.82, 2.24) is 5.32 Å². The molecule has 0 spiro atoms. The van der Waals surface area contributed by atoms with Gasteiger partial charge in [0.25, 0.3) is 0 Å². The number of aryl methyl sites for hydroxylation is 1. The average molecular weight is 211 g/mol. The number of hydrogen-bond acceptors (Lipinski definition) is 1. The molecule has 0 aliphatic heterocycles.